The summed E-state index contributed by atoms with van der Waals surface area (Å²) in [6.07, 6.45) is 0.389. The van der Waals surface area contributed by atoms with Crippen molar-refractivity contribution in [3.05, 3.63) is 53.6 Å². The molecule has 27 heavy (non-hydrogen) atoms. The van der Waals surface area contributed by atoms with Gasteiger partial charge >= 0.3 is 6.03 Å². The minimum absolute atomic E-state index is 0.0931. The van der Waals surface area contributed by atoms with E-state index in [1.54, 1.807) is 32.4 Å². The van der Waals surface area contributed by atoms with Gasteiger partial charge in [0.05, 0.1) is 27.4 Å². The molecule has 1 fully saturated rings. The van der Waals surface area contributed by atoms with Gasteiger partial charge in [0, 0.05) is 17.5 Å². The van der Waals surface area contributed by atoms with Crippen molar-refractivity contribution in [2.24, 2.45) is 0 Å². The van der Waals surface area contributed by atoms with Crippen LogP contribution in [0.1, 0.15) is 17.5 Å². The molecule has 4 rings (SSSR count). The minimum Gasteiger partial charge on any atom is -0.497 e. The van der Waals surface area contributed by atoms with Crippen molar-refractivity contribution in [3.63, 3.8) is 0 Å². The number of hydrogen-bond donors (Lipinski definition) is 1. The number of hydrogen-bond acceptors (Lipinski definition) is 5. The van der Waals surface area contributed by atoms with E-state index in [0.717, 1.165) is 0 Å². The summed E-state index contributed by atoms with van der Waals surface area (Å²) in [6, 6.07) is 12.2. The molecular formula is C20H20N2O5. The molecule has 2 aliphatic rings. The Morgan fingerprint density at radius 3 is 2.74 bits per heavy atom. The SMILES string of the molecule is COc1ccc(OC)c(CN2C(=O)NC3(CCOc4ccccc43)C2=O)c1. The van der Waals surface area contributed by atoms with Crippen molar-refractivity contribution >= 4 is 11.9 Å². The molecule has 3 amide bonds. The van der Waals surface area contributed by atoms with Gasteiger partial charge in [-0.1, -0.05) is 18.2 Å². The zero-order chi connectivity index (χ0) is 19.0. The second-order valence-corrected chi connectivity index (χ2v) is 6.50. The molecule has 7 nitrogen and oxygen atoms in total. The smallest absolute Gasteiger partial charge is 0.325 e. The molecule has 2 aromatic carbocycles. The van der Waals surface area contributed by atoms with Crippen LogP contribution in [0.3, 0.4) is 0 Å². The third-order valence-corrected chi connectivity index (χ3v) is 5.07. The van der Waals surface area contributed by atoms with E-state index >= 15 is 0 Å². The number of fused-ring (bicyclic) bond motifs is 2. The number of ether oxygens (including phenoxy) is 3. The zero-order valence-electron chi connectivity index (χ0n) is 15.2. The third kappa shape index (κ3) is 2.66. The van der Waals surface area contributed by atoms with Crippen molar-refractivity contribution in [2.45, 2.75) is 18.5 Å². The normalized spacial score (nSPS) is 20.9. The van der Waals surface area contributed by atoms with Gasteiger partial charge < -0.3 is 19.5 Å². The van der Waals surface area contributed by atoms with Crippen LogP contribution in [0.4, 0.5) is 4.79 Å². The summed E-state index contributed by atoms with van der Waals surface area (Å²) < 4.78 is 16.3. The number of carbonyl (C=O) groups excluding carboxylic acids is 2. The molecule has 0 saturated carbocycles. The van der Waals surface area contributed by atoms with Gasteiger partial charge in [-0.15, -0.1) is 0 Å². The lowest BCUT2D eigenvalue weighted by atomic mass is 9.84. The van der Waals surface area contributed by atoms with E-state index in [-0.39, 0.29) is 12.5 Å². The van der Waals surface area contributed by atoms with E-state index in [4.69, 9.17) is 14.2 Å². The third-order valence-electron chi connectivity index (χ3n) is 5.07. The van der Waals surface area contributed by atoms with Crippen molar-refractivity contribution in [1.29, 1.82) is 0 Å². The van der Waals surface area contributed by atoms with Crippen LogP contribution in [0.5, 0.6) is 17.2 Å². The standard InChI is InChI=1S/C20H20N2O5/c1-25-14-7-8-16(26-2)13(11-14)12-22-18(23)20(21-19(22)24)9-10-27-17-6-4-3-5-15(17)20/h3-8,11H,9-10,12H2,1-2H3,(H,21,24). The van der Waals surface area contributed by atoms with Gasteiger partial charge in [0.15, 0.2) is 5.54 Å². The van der Waals surface area contributed by atoms with Crippen LogP contribution in [0.15, 0.2) is 42.5 Å². The van der Waals surface area contributed by atoms with Crippen LogP contribution in [-0.2, 0) is 16.9 Å². The fraction of sp³-hybridized carbons (Fsp3) is 0.300. The number of rotatable bonds is 4. The molecule has 140 valence electrons. The second kappa shape index (κ2) is 6.50. The second-order valence-electron chi connectivity index (χ2n) is 6.50. The van der Waals surface area contributed by atoms with Crippen LogP contribution in [0.2, 0.25) is 0 Å². The Kier molecular flexibility index (Phi) is 4.14. The highest BCUT2D eigenvalue weighted by molar-refractivity contribution is 6.07. The summed E-state index contributed by atoms with van der Waals surface area (Å²) in [5, 5.41) is 2.90. The summed E-state index contributed by atoms with van der Waals surface area (Å²) in [5.41, 5.74) is 0.297. The first-order valence-electron chi connectivity index (χ1n) is 8.66. The van der Waals surface area contributed by atoms with Gasteiger partial charge in [-0.2, -0.15) is 0 Å². The van der Waals surface area contributed by atoms with E-state index in [2.05, 4.69) is 5.32 Å². The Hall–Kier alpha value is -3.22. The maximum absolute atomic E-state index is 13.3. The minimum atomic E-state index is -1.09. The van der Waals surface area contributed by atoms with Crippen LogP contribution in [0, 0.1) is 0 Å². The predicted molar refractivity (Wildman–Crippen MR) is 96.9 cm³/mol. The Balaban J connectivity index is 1.70. The Morgan fingerprint density at radius 1 is 1.15 bits per heavy atom. The molecular weight excluding hydrogens is 348 g/mol. The predicted octanol–water partition coefficient (Wildman–Crippen LogP) is 2.43. The number of carbonyl (C=O) groups is 2. The summed E-state index contributed by atoms with van der Waals surface area (Å²) in [7, 11) is 3.11. The summed E-state index contributed by atoms with van der Waals surface area (Å²) in [4.78, 5) is 27.3. The van der Waals surface area contributed by atoms with Gasteiger partial charge in [-0.3, -0.25) is 9.69 Å². The average Bonchev–Trinajstić information content (AvgIpc) is 2.93. The first-order chi connectivity index (χ1) is 13.1. The molecule has 1 N–H and O–H groups in total. The van der Waals surface area contributed by atoms with Gasteiger partial charge in [0.25, 0.3) is 5.91 Å². The summed E-state index contributed by atoms with van der Waals surface area (Å²) in [5.74, 6) is 1.56. The topological polar surface area (TPSA) is 77.1 Å². The summed E-state index contributed by atoms with van der Waals surface area (Å²) in [6.45, 7) is 0.454. The van der Waals surface area contributed by atoms with Crippen LogP contribution >= 0.6 is 0 Å². The molecule has 0 radical (unpaired) electrons. The van der Waals surface area contributed by atoms with Gasteiger partial charge in [0.2, 0.25) is 0 Å². The first-order valence-corrected chi connectivity index (χ1v) is 8.66. The molecule has 1 atom stereocenters. The largest absolute Gasteiger partial charge is 0.497 e. The van der Waals surface area contributed by atoms with E-state index in [9.17, 15) is 9.59 Å². The maximum Gasteiger partial charge on any atom is 0.325 e. The van der Waals surface area contributed by atoms with Crippen molar-refractivity contribution in [2.75, 3.05) is 20.8 Å². The number of para-hydroxylation sites is 1. The fourth-order valence-electron chi connectivity index (χ4n) is 3.69. The molecule has 2 heterocycles. The number of benzene rings is 2. The van der Waals surface area contributed by atoms with E-state index < -0.39 is 11.6 Å². The highest BCUT2D eigenvalue weighted by Gasteiger charge is 2.54. The lowest BCUT2D eigenvalue weighted by Crippen LogP contribution is -2.47. The Bertz CT molecular complexity index is 913. The molecule has 2 aromatic rings. The molecule has 7 heteroatoms. The number of urea groups is 1. The van der Waals surface area contributed by atoms with E-state index in [0.29, 0.717) is 41.4 Å². The monoisotopic (exact) mass is 368 g/mol. The molecule has 2 aliphatic heterocycles. The highest BCUT2D eigenvalue weighted by atomic mass is 16.5. The van der Waals surface area contributed by atoms with Crippen LogP contribution in [0.25, 0.3) is 0 Å². The maximum atomic E-state index is 13.3. The average molecular weight is 368 g/mol. The number of imide groups is 1. The lowest BCUT2D eigenvalue weighted by molar-refractivity contribution is -0.133. The zero-order valence-corrected chi connectivity index (χ0v) is 15.2. The lowest BCUT2D eigenvalue weighted by Gasteiger charge is -2.33. The number of methoxy groups -OCH3 is 2. The molecule has 0 aliphatic carbocycles. The molecule has 0 aromatic heterocycles. The van der Waals surface area contributed by atoms with Crippen LogP contribution < -0.4 is 19.5 Å². The van der Waals surface area contributed by atoms with Crippen molar-refractivity contribution < 1.29 is 23.8 Å². The van der Waals surface area contributed by atoms with Gasteiger partial charge in [0.1, 0.15) is 17.2 Å². The molecule has 1 spiro atoms. The fourth-order valence-corrected chi connectivity index (χ4v) is 3.69. The summed E-state index contributed by atoms with van der Waals surface area (Å²) >= 11 is 0. The molecule has 0 bridgehead atoms. The number of amides is 3. The quantitative estimate of drug-likeness (QED) is 0.839. The van der Waals surface area contributed by atoms with E-state index in [1.165, 1.54) is 4.90 Å². The molecule has 1 unspecified atom stereocenters. The van der Waals surface area contributed by atoms with Crippen molar-refractivity contribution in [3.8, 4) is 17.2 Å². The van der Waals surface area contributed by atoms with Crippen molar-refractivity contribution in [1.82, 2.24) is 10.2 Å². The first kappa shape index (κ1) is 17.2. The Morgan fingerprint density at radius 2 is 1.96 bits per heavy atom. The highest BCUT2D eigenvalue weighted by Crippen LogP contribution is 2.41. The number of nitrogens with one attached hydrogen (secondary N) is 1. The van der Waals surface area contributed by atoms with Gasteiger partial charge in [-0.05, 0) is 24.3 Å². The van der Waals surface area contributed by atoms with E-state index in [1.807, 2.05) is 24.3 Å². The van der Waals surface area contributed by atoms with Crippen LogP contribution in [-0.4, -0.2) is 37.7 Å². The molecule has 1 saturated heterocycles. The van der Waals surface area contributed by atoms with Gasteiger partial charge in [-0.25, -0.2) is 4.79 Å². The number of nitrogens with zero attached hydrogens (tertiary/aromatic N) is 1. The Labute approximate surface area is 156 Å².